The largest absolute Gasteiger partial charge is 0.465 e. The highest BCUT2D eigenvalue weighted by atomic mass is 32.2. The van der Waals surface area contributed by atoms with Crippen molar-refractivity contribution in [3.63, 3.8) is 0 Å². The summed E-state index contributed by atoms with van der Waals surface area (Å²) in [5, 5.41) is 9.24. The van der Waals surface area contributed by atoms with Crippen LogP contribution in [0.25, 0.3) is 0 Å². The fourth-order valence-electron chi connectivity index (χ4n) is 3.65. The Hall–Kier alpha value is -0.860. The van der Waals surface area contributed by atoms with Gasteiger partial charge in [0, 0.05) is 26.7 Å². The number of rotatable bonds is 4. The topological polar surface area (TPSA) is 87.2 Å². The van der Waals surface area contributed by atoms with Crippen LogP contribution in [0.3, 0.4) is 0 Å². The Balaban J connectivity index is 1.82. The fourth-order valence-corrected chi connectivity index (χ4v) is 5.46. The van der Waals surface area contributed by atoms with E-state index in [-0.39, 0.29) is 18.2 Å². The molecule has 7 nitrogen and oxygen atoms in total. The van der Waals surface area contributed by atoms with E-state index in [1.54, 1.807) is 7.05 Å². The monoisotopic (exact) mass is 332 g/mol. The summed E-state index contributed by atoms with van der Waals surface area (Å²) in [7, 11) is -1.79. The van der Waals surface area contributed by atoms with Crippen LogP contribution in [0.1, 0.15) is 32.1 Å². The predicted molar refractivity (Wildman–Crippen MR) is 80.2 cm³/mol. The molecule has 2 heterocycles. The van der Waals surface area contributed by atoms with Gasteiger partial charge in [-0.15, -0.1) is 0 Å². The Bertz CT molecular complexity index is 539. The summed E-state index contributed by atoms with van der Waals surface area (Å²) in [6.45, 7) is 1.22. The van der Waals surface area contributed by atoms with E-state index in [0.29, 0.717) is 19.6 Å². The number of sulfonamides is 1. The molecule has 2 saturated heterocycles. The third-order valence-electron chi connectivity index (χ3n) is 5.23. The molecule has 3 aliphatic rings. The molecule has 2 aliphatic heterocycles. The van der Waals surface area contributed by atoms with Crippen molar-refractivity contribution < 1.29 is 23.1 Å². The van der Waals surface area contributed by atoms with Crippen molar-refractivity contribution in [3.8, 4) is 0 Å². The first kappa shape index (κ1) is 16.0. The van der Waals surface area contributed by atoms with Gasteiger partial charge in [-0.05, 0) is 38.0 Å². The zero-order valence-corrected chi connectivity index (χ0v) is 13.7. The number of likely N-dealkylation sites (tertiary alicyclic amines) is 1. The standard InChI is InChI=1S/C14H24N2O5S/c1-15(22(19,20)10-11-3-4-11)12-9-16(13(17)18)7-6-14(12)5-2-8-21-14/h11-12H,2-10H2,1H3,(H,17,18). The first-order valence-electron chi connectivity index (χ1n) is 7.92. The van der Waals surface area contributed by atoms with Crippen molar-refractivity contribution in [1.29, 1.82) is 0 Å². The van der Waals surface area contributed by atoms with E-state index in [2.05, 4.69) is 0 Å². The zero-order chi connectivity index (χ0) is 16.0. The van der Waals surface area contributed by atoms with Crippen LogP contribution < -0.4 is 0 Å². The fraction of sp³-hybridized carbons (Fsp3) is 0.929. The van der Waals surface area contributed by atoms with Gasteiger partial charge in [-0.1, -0.05) is 0 Å². The summed E-state index contributed by atoms with van der Waals surface area (Å²) in [5.41, 5.74) is -0.517. The molecule has 0 aromatic rings. The average Bonchev–Trinajstić information content (AvgIpc) is 3.14. The van der Waals surface area contributed by atoms with Gasteiger partial charge in [-0.25, -0.2) is 13.2 Å². The highest BCUT2D eigenvalue weighted by Crippen LogP contribution is 2.40. The van der Waals surface area contributed by atoms with Crippen LogP contribution in [0.4, 0.5) is 4.79 Å². The van der Waals surface area contributed by atoms with Gasteiger partial charge in [0.2, 0.25) is 10.0 Å². The second kappa shape index (κ2) is 5.65. The van der Waals surface area contributed by atoms with E-state index in [1.165, 1.54) is 9.21 Å². The SMILES string of the molecule is CN(C1CN(C(=O)O)CCC12CCCO2)S(=O)(=O)CC1CC1. The van der Waals surface area contributed by atoms with Crippen LogP contribution >= 0.6 is 0 Å². The van der Waals surface area contributed by atoms with E-state index in [9.17, 15) is 18.3 Å². The summed E-state index contributed by atoms with van der Waals surface area (Å²) in [6, 6.07) is -0.427. The highest BCUT2D eigenvalue weighted by Gasteiger charge is 2.51. The van der Waals surface area contributed by atoms with E-state index in [1.807, 2.05) is 0 Å². The summed E-state index contributed by atoms with van der Waals surface area (Å²) in [6.07, 6.45) is 3.22. The number of hydrogen-bond acceptors (Lipinski definition) is 4. The Kier molecular flexibility index (Phi) is 4.11. The Morgan fingerprint density at radius 3 is 2.68 bits per heavy atom. The lowest BCUT2D eigenvalue weighted by molar-refractivity contribution is -0.0803. The molecule has 0 aromatic heterocycles. The maximum absolute atomic E-state index is 12.6. The Morgan fingerprint density at radius 2 is 2.14 bits per heavy atom. The summed E-state index contributed by atoms with van der Waals surface area (Å²) >= 11 is 0. The first-order chi connectivity index (χ1) is 10.3. The molecule has 0 bridgehead atoms. The van der Waals surface area contributed by atoms with Gasteiger partial charge in [-0.2, -0.15) is 4.31 Å². The highest BCUT2D eigenvalue weighted by molar-refractivity contribution is 7.89. The summed E-state index contributed by atoms with van der Waals surface area (Å²) in [5.74, 6) is 0.440. The van der Waals surface area contributed by atoms with Gasteiger partial charge in [0.1, 0.15) is 0 Å². The lowest BCUT2D eigenvalue weighted by atomic mass is 9.84. The van der Waals surface area contributed by atoms with Crippen LogP contribution in [0.2, 0.25) is 0 Å². The molecule has 3 fully saturated rings. The number of likely N-dealkylation sites (N-methyl/N-ethyl adjacent to an activating group) is 1. The van der Waals surface area contributed by atoms with Gasteiger partial charge < -0.3 is 14.7 Å². The molecule has 126 valence electrons. The third kappa shape index (κ3) is 2.96. The van der Waals surface area contributed by atoms with Crippen LogP contribution in [-0.2, 0) is 14.8 Å². The average molecular weight is 332 g/mol. The van der Waals surface area contributed by atoms with Gasteiger partial charge in [0.15, 0.2) is 0 Å². The molecule has 1 aliphatic carbocycles. The number of hydrogen-bond donors (Lipinski definition) is 1. The predicted octanol–water partition coefficient (Wildman–Crippen LogP) is 0.959. The first-order valence-corrected chi connectivity index (χ1v) is 9.52. The molecular weight excluding hydrogens is 308 g/mol. The molecule has 1 amide bonds. The zero-order valence-electron chi connectivity index (χ0n) is 12.9. The van der Waals surface area contributed by atoms with E-state index >= 15 is 0 Å². The maximum Gasteiger partial charge on any atom is 0.407 e. The van der Waals surface area contributed by atoms with E-state index in [4.69, 9.17) is 4.74 Å². The van der Waals surface area contributed by atoms with Crippen molar-refractivity contribution >= 4 is 16.1 Å². The number of carbonyl (C=O) groups is 1. The molecule has 0 aromatic carbocycles. The van der Waals surface area contributed by atoms with Crippen molar-refractivity contribution in [2.24, 2.45) is 5.92 Å². The van der Waals surface area contributed by atoms with Crippen LogP contribution in [0, 0.1) is 5.92 Å². The van der Waals surface area contributed by atoms with Crippen LogP contribution in [0.5, 0.6) is 0 Å². The molecule has 1 spiro atoms. The van der Waals surface area contributed by atoms with Gasteiger partial charge >= 0.3 is 6.09 Å². The number of carboxylic acid groups (broad SMARTS) is 1. The maximum atomic E-state index is 12.6. The summed E-state index contributed by atoms with van der Waals surface area (Å²) in [4.78, 5) is 12.6. The van der Waals surface area contributed by atoms with E-state index in [0.717, 1.165) is 25.7 Å². The molecule has 0 radical (unpaired) electrons. The molecule has 1 N–H and O–H groups in total. The smallest absolute Gasteiger partial charge is 0.407 e. The minimum absolute atomic E-state index is 0.170. The third-order valence-corrected chi connectivity index (χ3v) is 7.26. The molecule has 3 rings (SSSR count). The Labute approximate surface area is 131 Å². The van der Waals surface area contributed by atoms with Crippen molar-refractivity contribution in [2.75, 3.05) is 32.5 Å². The van der Waals surface area contributed by atoms with Crippen molar-refractivity contribution in [1.82, 2.24) is 9.21 Å². The van der Waals surface area contributed by atoms with Crippen LogP contribution in [-0.4, -0.2) is 73.0 Å². The lowest BCUT2D eigenvalue weighted by Gasteiger charge is -2.47. The normalized spacial score (nSPS) is 32.8. The van der Waals surface area contributed by atoms with Gasteiger partial charge in [-0.3, -0.25) is 0 Å². The second-order valence-corrected chi connectivity index (χ2v) is 8.82. The number of piperidine rings is 1. The minimum Gasteiger partial charge on any atom is -0.465 e. The molecule has 22 heavy (non-hydrogen) atoms. The molecule has 1 saturated carbocycles. The molecule has 8 heteroatoms. The van der Waals surface area contributed by atoms with Crippen molar-refractivity contribution in [2.45, 2.75) is 43.7 Å². The van der Waals surface area contributed by atoms with Crippen molar-refractivity contribution in [3.05, 3.63) is 0 Å². The number of ether oxygens (including phenoxy) is 1. The van der Waals surface area contributed by atoms with E-state index < -0.39 is 27.8 Å². The molecule has 2 unspecified atom stereocenters. The quantitative estimate of drug-likeness (QED) is 0.828. The molecule has 2 atom stereocenters. The van der Waals surface area contributed by atoms with Gasteiger partial charge in [0.25, 0.3) is 0 Å². The van der Waals surface area contributed by atoms with Gasteiger partial charge in [0.05, 0.1) is 17.4 Å². The molecular formula is C14H24N2O5S. The second-order valence-electron chi connectivity index (χ2n) is 6.75. The lowest BCUT2D eigenvalue weighted by Crippen LogP contribution is -2.63. The Morgan fingerprint density at radius 1 is 1.41 bits per heavy atom. The van der Waals surface area contributed by atoms with Crippen LogP contribution in [0.15, 0.2) is 0 Å². The summed E-state index contributed by atoms with van der Waals surface area (Å²) < 4.78 is 32.5. The number of nitrogens with zero attached hydrogens (tertiary/aromatic N) is 2. The number of amides is 1. The minimum atomic E-state index is -3.38.